The number of rotatable bonds is 5. The van der Waals surface area contributed by atoms with Crippen LogP contribution in [0.1, 0.15) is 26.7 Å². The topological polar surface area (TPSA) is 53.9 Å². The van der Waals surface area contributed by atoms with Crippen molar-refractivity contribution < 1.29 is 9.53 Å². The number of guanidine groups is 1. The number of halogens is 1. The van der Waals surface area contributed by atoms with Gasteiger partial charge in [-0.15, -0.1) is 24.0 Å². The van der Waals surface area contributed by atoms with Gasteiger partial charge in [0.1, 0.15) is 0 Å². The summed E-state index contributed by atoms with van der Waals surface area (Å²) in [5.41, 5.74) is 0. The average Bonchev–Trinajstić information content (AvgIpc) is 2.48. The van der Waals surface area contributed by atoms with Gasteiger partial charge in [0.25, 0.3) is 0 Å². The van der Waals surface area contributed by atoms with E-state index in [0.717, 1.165) is 38.4 Å². The van der Waals surface area contributed by atoms with Gasteiger partial charge in [-0.2, -0.15) is 11.8 Å². The number of nitrogens with one attached hydrogen (secondary N) is 1. The van der Waals surface area contributed by atoms with Crippen LogP contribution < -0.4 is 5.32 Å². The van der Waals surface area contributed by atoms with E-state index < -0.39 is 0 Å². The van der Waals surface area contributed by atoms with Crippen LogP contribution in [-0.2, 0) is 9.53 Å². The lowest BCUT2D eigenvalue weighted by Gasteiger charge is -2.33. The molecule has 0 aliphatic carbocycles. The summed E-state index contributed by atoms with van der Waals surface area (Å²) in [5.74, 6) is 0.939. The van der Waals surface area contributed by atoms with Crippen LogP contribution in [-0.4, -0.2) is 61.6 Å². The normalized spacial score (nSPS) is 17.9. The van der Waals surface area contributed by atoms with E-state index in [1.165, 1.54) is 0 Å². The molecule has 1 atom stereocenters. The van der Waals surface area contributed by atoms with Crippen LogP contribution >= 0.6 is 35.7 Å². The molecule has 0 aromatic heterocycles. The maximum atomic E-state index is 11.7. The van der Waals surface area contributed by atoms with Gasteiger partial charge in [0.05, 0.1) is 12.5 Å². The first-order valence-electron chi connectivity index (χ1n) is 7.27. The van der Waals surface area contributed by atoms with Gasteiger partial charge in [-0.3, -0.25) is 9.79 Å². The molecule has 0 aromatic carbocycles. The van der Waals surface area contributed by atoms with Crippen molar-refractivity contribution in [3.05, 3.63) is 0 Å². The van der Waals surface area contributed by atoms with Crippen LogP contribution in [0, 0.1) is 5.92 Å². The summed E-state index contributed by atoms with van der Waals surface area (Å²) >= 11 is 1.84. The number of thioether (sulfide) groups is 1. The highest BCUT2D eigenvalue weighted by Gasteiger charge is 2.27. The summed E-state index contributed by atoms with van der Waals surface area (Å²) < 4.78 is 5.09. The standard InChI is InChI=1S/C14H27N3O2S.HI/c1-5-19-13(18)12-6-8-17(9-7-12)14(15-3)16-10-11(2)20-4;/h11-12H,5-10H2,1-4H3,(H,15,16);1H. The highest BCUT2D eigenvalue weighted by atomic mass is 127. The Bertz CT molecular complexity index is 334. The SMILES string of the molecule is CCOC(=O)C1CCN(C(=NC)NCC(C)SC)CC1.I. The molecular formula is C14H28IN3O2S. The Morgan fingerprint density at radius 2 is 2.10 bits per heavy atom. The molecule has 1 aliphatic rings. The first-order chi connectivity index (χ1) is 9.62. The predicted octanol–water partition coefficient (Wildman–Crippen LogP) is 2.21. The molecule has 0 spiro atoms. The fourth-order valence-electron chi connectivity index (χ4n) is 2.24. The maximum Gasteiger partial charge on any atom is 0.309 e. The summed E-state index contributed by atoms with van der Waals surface area (Å²) in [5, 5.41) is 3.96. The number of piperidine rings is 1. The summed E-state index contributed by atoms with van der Waals surface area (Å²) in [6.07, 6.45) is 3.80. The molecule has 7 heteroatoms. The molecule has 0 amide bonds. The summed E-state index contributed by atoms with van der Waals surface area (Å²) in [6, 6.07) is 0. The van der Waals surface area contributed by atoms with Gasteiger partial charge in [-0.05, 0) is 26.0 Å². The van der Waals surface area contributed by atoms with Crippen LogP contribution in [0.5, 0.6) is 0 Å². The first kappa shape index (κ1) is 20.8. The van der Waals surface area contributed by atoms with Crippen LogP contribution in [0.4, 0.5) is 0 Å². The number of aliphatic imine (C=N–C) groups is 1. The van der Waals surface area contributed by atoms with E-state index in [4.69, 9.17) is 4.74 Å². The quantitative estimate of drug-likeness (QED) is 0.314. The minimum atomic E-state index is -0.0499. The Balaban J connectivity index is 0.00000400. The van der Waals surface area contributed by atoms with Crippen molar-refractivity contribution in [1.82, 2.24) is 10.2 Å². The molecule has 0 bridgehead atoms. The van der Waals surface area contributed by atoms with Crippen molar-refractivity contribution in [3.8, 4) is 0 Å². The van der Waals surface area contributed by atoms with E-state index in [9.17, 15) is 4.79 Å². The van der Waals surface area contributed by atoms with Crippen molar-refractivity contribution in [2.75, 3.05) is 39.5 Å². The first-order valence-corrected chi connectivity index (χ1v) is 8.56. The third-order valence-electron chi connectivity index (χ3n) is 3.58. The molecule has 1 fully saturated rings. The fourth-order valence-corrected chi connectivity index (χ4v) is 2.49. The summed E-state index contributed by atoms with van der Waals surface area (Å²) in [7, 11) is 1.81. The Kier molecular flexibility index (Phi) is 11.3. The molecule has 1 heterocycles. The number of esters is 1. The van der Waals surface area contributed by atoms with Crippen molar-refractivity contribution in [1.29, 1.82) is 0 Å². The zero-order valence-electron chi connectivity index (χ0n) is 13.4. The number of hydrogen-bond acceptors (Lipinski definition) is 4. The molecule has 1 rings (SSSR count). The molecule has 5 nitrogen and oxygen atoms in total. The second-order valence-electron chi connectivity index (χ2n) is 4.99. The van der Waals surface area contributed by atoms with Crippen molar-refractivity contribution in [2.45, 2.75) is 31.9 Å². The molecule has 1 aliphatic heterocycles. The Hall–Kier alpha value is -0.180. The second-order valence-corrected chi connectivity index (χ2v) is 6.26. The van der Waals surface area contributed by atoms with Gasteiger partial charge in [0.15, 0.2) is 5.96 Å². The lowest BCUT2D eigenvalue weighted by atomic mass is 9.97. The van der Waals surface area contributed by atoms with Crippen LogP contribution in [0.2, 0.25) is 0 Å². The van der Waals surface area contributed by atoms with Crippen molar-refractivity contribution in [2.24, 2.45) is 10.9 Å². The minimum Gasteiger partial charge on any atom is -0.466 e. The molecule has 0 aromatic rings. The number of ether oxygens (including phenoxy) is 1. The smallest absolute Gasteiger partial charge is 0.309 e. The predicted molar refractivity (Wildman–Crippen MR) is 101 cm³/mol. The molecule has 1 N–H and O–H groups in total. The lowest BCUT2D eigenvalue weighted by molar-refractivity contribution is -0.149. The van der Waals surface area contributed by atoms with E-state index in [1.54, 1.807) is 0 Å². The van der Waals surface area contributed by atoms with Crippen LogP contribution in [0.15, 0.2) is 4.99 Å². The monoisotopic (exact) mass is 429 g/mol. The molecule has 0 saturated carbocycles. The number of nitrogens with zero attached hydrogens (tertiary/aromatic N) is 2. The van der Waals surface area contributed by atoms with Gasteiger partial charge in [-0.1, -0.05) is 6.92 Å². The average molecular weight is 429 g/mol. The zero-order chi connectivity index (χ0) is 15.0. The van der Waals surface area contributed by atoms with E-state index in [2.05, 4.69) is 28.4 Å². The van der Waals surface area contributed by atoms with Gasteiger partial charge < -0.3 is 15.0 Å². The van der Waals surface area contributed by atoms with E-state index >= 15 is 0 Å². The van der Waals surface area contributed by atoms with E-state index in [0.29, 0.717) is 11.9 Å². The molecular weight excluding hydrogens is 401 g/mol. The molecule has 1 unspecified atom stereocenters. The Labute approximate surface area is 149 Å². The third kappa shape index (κ3) is 7.08. The number of carbonyl (C=O) groups is 1. The van der Waals surface area contributed by atoms with Gasteiger partial charge in [0.2, 0.25) is 0 Å². The molecule has 21 heavy (non-hydrogen) atoms. The van der Waals surface area contributed by atoms with Crippen LogP contribution in [0.3, 0.4) is 0 Å². The van der Waals surface area contributed by atoms with Gasteiger partial charge in [-0.25, -0.2) is 0 Å². The van der Waals surface area contributed by atoms with Gasteiger partial charge in [0, 0.05) is 31.9 Å². The summed E-state index contributed by atoms with van der Waals surface area (Å²) in [4.78, 5) is 18.3. The maximum absolute atomic E-state index is 11.7. The number of likely N-dealkylation sites (tertiary alicyclic amines) is 1. The second kappa shape index (κ2) is 11.4. The molecule has 0 radical (unpaired) electrons. The third-order valence-corrected chi connectivity index (χ3v) is 4.55. The summed E-state index contributed by atoms with van der Waals surface area (Å²) in [6.45, 7) is 7.14. The van der Waals surface area contributed by atoms with E-state index in [1.807, 2.05) is 25.7 Å². The van der Waals surface area contributed by atoms with Gasteiger partial charge >= 0.3 is 5.97 Å². The largest absolute Gasteiger partial charge is 0.466 e. The fraction of sp³-hybridized carbons (Fsp3) is 0.857. The Morgan fingerprint density at radius 1 is 1.48 bits per heavy atom. The highest BCUT2D eigenvalue weighted by Crippen LogP contribution is 2.18. The number of hydrogen-bond donors (Lipinski definition) is 1. The van der Waals surface area contributed by atoms with Crippen molar-refractivity contribution >= 4 is 47.7 Å². The molecule has 1 saturated heterocycles. The van der Waals surface area contributed by atoms with Crippen LogP contribution in [0.25, 0.3) is 0 Å². The zero-order valence-corrected chi connectivity index (χ0v) is 16.6. The number of carbonyl (C=O) groups excluding carboxylic acids is 1. The van der Waals surface area contributed by atoms with E-state index in [-0.39, 0.29) is 35.9 Å². The van der Waals surface area contributed by atoms with Crippen molar-refractivity contribution in [3.63, 3.8) is 0 Å². The lowest BCUT2D eigenvalue weighted by Crippen LogP contribution is -2.47. The molecule has 124 valence electrons. The highest BCUT2D eigenvalue weighted by molar-refractivity contribution is 14.0. The Morgan fingerprint density at radius 3 is 2.57 bits per heavy atom. The minimum absolute atomic E-state index is 0.